The molecule has 1 aliphatic rings. The molecule has 1 fully saturated rings. The first-order chi connectivity index (χ1) is 16.3. The third-order valence-electron chi connectivity index (χ3n) is 6.49. The second-order valence-corrected chi connectivity index (χ2v) is 10.1. The predicted octanol–water partition coefficient (Wildman–Crippen LogP) is 4.21. The van der Waals surface area contributed by atoms with E-state index in [-0.39, 0.29) is 22.9 Å². The second-order valence-electron chi connectivity index (χ2n) is 10.1. The van der Waals surface area contributed by atoms with Crippen LogP contribution in [0.3, 0.4) is 0 Å². The van der Waals surface area contributed by atoms with E-state index in [1.807, 2.05) is 62.1 Å². The van der Waals surface area contributed by atoms with E-state index in [2.05, 4.69) is 33.4 Å². The van der Waals surface area contributed by atoms with Gasteiger partial charge in [0.15, 0.2) is 0 Å². The van der Waals surface area contributed by atoms with Gasteiger partial charge < -0.3 is 4.90 Å². The van der Waals surface area contributed by atoms with Crippen LogP contribution < -0.4 is 5.69 Å². The minimum Gasteiger partial charge on any atom is -0.342 e. The van der Waals surface area contributed by atoms with Crippen LogP contribution in [0.4, 0.5) is 0 Å². The fraction of sp³-hybridized carbons (Fsp3) is 0.333. The fourth-order valence-corrected chi connectivity index (χ4v) is 4.70. The number of nitrogens with one attached hydrogen (secondary N) is 1. The number of H-pyrrole nitrogens is 1. The number of carbonyl (C=O) groups excluding carboxylic acids is 1. The maximum absolute atomic E-state index is 12.6. The van der Waals surface area contributed by atoms with E-state index in [0.717, 1.165) is 40.7 Å². The normalized spacial score (nSPS) is 16.3. The third kappa shape index (κ3) is 4.25. The highest BCUT2D eigenvalue weighted by atomic mass is 16.2. The first-order valence-corrected chi connectivity index (χ1v) is 11.7. The van der Waals surface area contributed by atoms with Crippen LogP contribution in [0.25, 0.3) is 27.7 Å². The molecule has 5 rings (SSSR count). The van der Waals surface area contributed by atoms with E-state index in [9.17, 15) is 9.59 Å². The molecule has 7 heteroatoms. The molecule has 1 atom stereocenters. The van der Waals surface area contributed by atoms with Crippen molar-refractivity contribution in [3.05, 3.63) is 77.1 Å². The first-order valence-electron chi connectivity index (χ1n) is 11.7. The number of aromatic amines is 1. The monoisotopic (exact) mass is 455 g/mol. The average Bonchev–Trinajstić information content (AvgIpc) is 3.44. The first kappa shape index (κ1) is 22.1. The summed E-state index contributed by atoms with van der Waals surface area (Å²) in [7, 11) is 0. The van der Waals surface area contributed by atoms with Gasteiger partial charge in [0.2, 0.25) is 5.91 Å². The van der Waals surface area contributed by atoms with E-state index >= 15 is 0 Å². The third-order valence-corrected chi connectivity index (χ3v) is 6.49. The summed E-state index contributed by atoms with van der Waals surface area (Å²) in [5.74, 6) is 1.15. The van der Waals surface area contributed by atoms with E-state index < -0.39 is 0 Å². The van der Waals surface area contributed by atoms with Crippen molar-refractivity contribution in [3.8, 4) is 16.8 Å². The molecular formula is C27H29N5O2. The summed E-state index contributed by atoms with van der Waals surface area (Å²) >= 11 is 0. The number of hydrogen-bond donors (Lipinski definition) is 1. The summed E-state index contributed by atoms with van der Waals surface area (Å²) in [6.07, 6.45) is 3.35. The lowest BCUT2D eigenvalue weighted by Gasteiger charge is -2.25. The van der Waals surface area contributed by atoms with Crippen molar-refractivity contribution >= 4 is 16.8 Å². The van der Waals surface area contributed by atoms with Crippen molar-refractivity contribution in [1.29, 1.82) is 0 Å². The minimum absolute atomic E-state index is 0.175. The zero-order valence-corrected chi connectivity index (χ0v) is 19.8. The number of likely N-dealkylation sites (tertiary alicyclic amines) is 1. The molecule has 0 aliphatic carbocycles. The van der Waals surface area contributed by atoms with E-state index in [1.54, 1.807) is 10.8 Å². The molecule has 1 aliphatic heterocycles. The molecule has 174 valence electrons. The number of hydrogen-bond acceptors (Lipinski definition) is 4. The Labute approximate surface area is 198 Å². The summed E-state index contributed by atoms with van der Waals surface area (Å²) in [6, 6.07) is 18.1. The molecule has 0 spiro atoms. The van der Waals surface area contributed by atoms with Crippen molar-refractivity contribution < 1.29 is 4.79 Å². The van der Waals surface area contributed by atoms with Crippen LogP contribution >= 0.6 is 0 Å². The Morgan fingerprint density at radius 1 is 1.09 bits per heavy atom. The van der Waals surface area contributed by atoms with E-state index in [4.69, 9.17) is 0 Å². The van der Waals surface area contributed by atoms with Crippen LogP contribution in [0.5, 0.6) is 0 Å². The Morgan fingerprint density at radius 3 is 2.62 bits per heavy atom. The quantitative estimate of drug-likeness (QED) is 0.500. The zero-order valence-electron chi connectivity index (χ0n) is 19.8. The Hall–Kier alpha value is -3.74. The summed E-state index contributed by atoms with van der Waals surface area (Å²) < 4.78 is 1.64. The van der Waals surface area contributed by atoms with Gasteiger partial charge >= 0.3 is 5.69 Å². The molecule has 3 heterocycles. The van der Waals surface area contributed by atoms with Crippen LogP contribution in [0.15, 0.2) is 65.6 Å². The number of benzene rings is 2. The van der Waals surface area contributed by atoms with Gasteiger partial charge in [-0.3, -0.25) is 9.78 Å². The molecule has 2 aromatic carbocycles. The van der Waals surface area contributed by atoms with Crippen LogP contribution in [-0.4, -0.2) is 43.6 Å². The SMILES string of the molecule is CC(C)(C)C(=O)N1CCC(Cc2n[nH]c(=O)n2-c2ccc(-c3ccc4cccnc4c3)cc2)C1. The summed E-state index contributed by atoms with van der Waals surface area (Å²) in [6.45, 7) is 7.31. The molecule has 34 heavy (non-hydrogen) atoms. The summed E-state index contributed by atoms with van der Waals surface area (Å²) in [5, 5.41) is 8.01. The number of rotatable bonds is 4. The fourth-order valence-electron chi connectivity index (χ4n) is 4.70. The molecule has 4 aromatic rings. The van der Waals surface area contributed by atoms with Gasteiger partial charge in [0, 0.05) is 36.5 Å². The second kappa shape index (κ2) is 8.56. The molecule has 0 saturated carbocycles. The molecule has 7 nitrogen and oxygen atoms in total. The number of nitrogens with zero attached hydrogens (tertiary/aromatic N) is 4. The summed E-state index contributed by atoms with van der Waals surface area (Å²) in [4.78, 5) is 31.6. The highest BCUT2D eigenvalue weighted by Crippen LogP contribution is 2.27. The Bertz CT molecular complexity index is 1400. The zero-order chi connectivity index (χ0) is 23.9. The lowest BCUT2D eigenvalue weighted by atomic mass is 9.95. The topological polar surface area (TPSA) is 83.9 Å². The molecule has 1 saturated heterocycles. The van der Waals surface area contributed by atoms with Crippen molar-refractivity contribution in [2.75, 3.05) is 13.1 Å². The van der Waals surface area contributed by atoms with Gasteiger partial charge in [0.1, 0.15) is 5.82 Å². The number of carbonyl (C=O) groups is 1. The molecule has 0 radical (unpaired) electrons. The molecule has 0 bridgehead atoms. The number of fused-ring (bicyclic) bond motifs is 1. The van der Waals surface area contributed by atoms with Gasteiger partial charge in [-0.1, -0.05) is 51.1 Å². The van der Waals surface area contributed by atoms with Crippen LogP contribution in [0.2, 0.25) is 0 Å². The van der Waals surface area contributed by atoms with Crippen molar-refractivity contribution in [1.82, 2.24) is 24.6 Å². The van der Waals surface area contributed by atoms with E-state index in [1.165, 1.54) is 0 Å². The average molecular weight is 456 g/mol. The largest absolute Gasteiger partial charge is 0.347 e. The maximum Gasteiger partial charge on any atom is 0.347 e. The van der Waals surface area contributed by atoms with Gasteiger partial charge in [-0.15, -0.1) is 0 Å². The van der Waals surface area contributed by atoms with Crippen LogP contribution in [0, 0.1) is 11.3 Å². The van der Waals surface area contributed by atoms with Crippen LogP contribution in [0.1, 0.15) is 33.0 Å². The summed E-state index contributed by atoms with van der Waals surface area (Å²) in [5.41, 5.74) is 3.23. The molecule has 1 amide bonds. The smallest absolute Gasteiger partial charge is 0.342 e. The van der Waals surface area contributed by atoms with Gasteiger partial charge in [-0.25, -0.2) is 14.5 Å². The Kier molecular flexibility index (Phi) is 5.55. The number of amides is 1. The highest BCUT2D eigenvalue weighted by molar-refractivity contribution is 5.84. The maximum atomic E-state index is 12.6. The van der Waals surface area contributed by atoms with Crippen molar-refractivity contribution in [2.45, 2.75) is 33.6 Å². The number of pyridine rings is 1. The highest BCUT2D eigenvalue weighted by Gasteiger charge is 2.33. The minimum atomic E-state index is -0.383. The van der Waals surface area contributed by atoms with Gasteiger partial charge in [-0.2, -0.15) is 5.10 Å². The molecule has 1 N–H and O–H groups in total. The standard InChI is InChI=1S/C27H29N5O2/c1-27(2,3)25(33)31-14-12-18(17-31)15-24-29-30-26(34)32(24)22-10-8-19(9-11-22)21-7-6-20-5-4-13-28-23(20)16-21/h4-11,13,16,18H,12,14-15,17H2,1-3H3,(H,30,34). The lowest BCUT2D eigenvalue weighted by Crippen LogP contribution is -2.38. The van der Waals surface area contributed by atoms with E-state index in [0.29, 0.717) is 18.8 Å². The number of aromatic nitrogens is 4. The van der Waals surface area contributed by atoms with Crippen molar-refractivity contribution in [2.24, 2.45) is 11.3 Å². The van der Waals surface area contributed by atoms with Gasteiger partial charge in [-0.05, 0) is 47.7 Å². The lowest BCUT2D eigenvalue weighted by molar-refractivity contribution is -0.138. The van der Waals surface area contributed by atoms with Crippen molar-refractivity contribution in [3.63, 3.8) is 0 Å². The molecule has 1 unspecified atom stereocenters. The predicted molar refractivity (Wildman–Crippen MR) is 133 cm³/mol. The van der Waals surface area contributed by atoms with Gasteiger partial charge in [0.05, 0.1) is 11.2 Å². The molecular weight excluding hydrogens is 426 g/mol. The van der Waals surface area contributed by atoms with Crippen LogP contribution in [-0.2, 0) is 11.2 Å². The Balaban J connectivity index is 1.35. The molecule has 2 aromatic heterocycles. The Morgan fingerprint density at radius 2 is 1.85 bits per heavy atom. The van der Waals surface area contributed by atoms with Gasteiger partial charge in [0.25, 0.3) is 0 Å².